The van der Waals surface area contributed by atoms with E-state index >= 15 is 0 Å². The molecule has 4 aromatic rings. The molecule has 0 saturated heterocycles. The highest BCUT2D eigenvalue weighted by molar-refractivity contribution is 7.86. The summed E-state index contributed by atoms with van der Waals surface area (Å²) in [5.41, 5.74) is 1.52. The van der Waals surface area contributed by atoms with E-state index in [1.165, 1.54) is 46.9 Å². The number of aromatic nitrogens is 2. The van der Waals surface area contributed by atoms with Gasteiger partial charge in [-0.15, -0.1) is 10.2 Å². The number of rotatable bonds is 5. The average Bonchev–Trinajstić information content (AvgIpc) is 3.26. The number of benzene rings is 2. The number of hydrogen-bond acceptors (Lipinski definition) is 8. The van der Waals surface area contributed by atoms with Crippen LogP contribution in [0.4, 0.5) is 0 Å². The summed E-state index contributed by atoms with van der Waals surface area (Å²) in [6.45, 7) is 4.98. The van der Waals surface area contributed by atoms with Gasteiger partial charge in [0.25, 0.3) is 20.2 Å². The summed E-state index contributed by atoms with van der Waals surface area (Å²) in [6.07, 6.45) is 0. The van der Waals surface area contributed by atoms with Crippen molar-refractivity contribution in [1.29, 1.82) is 0 Å². The molecule has 2 aromatic carbocycles. The lowest BCUT2D eigenvalue weighted by Gasteiger charge is -2.01. The van der Waals surface area contributed by atoms with E-state index in [9.17, 15) is 25.9 Å². The molecule has 0 fully saturated rings. The summed E-state index contributed by atoms with van der Waals surface area (Å²) in [5, 5.41) is 8.74. The monoisotopic (exact) mass is 514 g/mol. The van der Waals surface area contributed by atoms with E-state index in [1.54, 1.807) is 12.1 Å². The van der Waals surface area contributed by atoms with Crippen molar-refractivity contribution in [2.75, 3.05) is 0 Å². The smallest absolute Gasteiger partial charge is 0.294 e. The van der Waals surface area contributed by atoms with Crippen molar-refractivity contribution in [3.63, 3.8) is 0 Å². The van der Waals surface area contributed by atoms with Gasteiger partial charge >= 0.3 is 0 Å². The van der Waals surface area contributed by atoms with Gasteiger partial charge in [0.05, 0.1) is 30.2 Å². The first-order valence-electron chi connectivity index (χ1n) is 9.32. The third-order valence-corrected chi connectivity index (χ3v) is 8.52. The van der Waals surface area contributed by atoms with Crippen LogP contribution < -0.4 is 9.60 Å². The van der Waals surface area contributed by atoms with Crippen molar-refractivity contribution in [1.82, 2.24) is 9.13 Å². The Kier molecular flexibility index (Phi) is 5.85. The molecular formula is C18H18N4O6S4. The van der Waals surface area contributed by atoms with Crippen molar-refractivity contribution < 1.29 is 25.9 Å². The first kappa shape index (κ1) is 22.8. The molecule has 4 rings (SSSR count). The third-order valence-electron chi connectivity index (χ3n) is 4.76. The van der Waals surface area contributed by atoms with Gasteiger partial charge in [-0.1, -0.05) is 22.7 Å². The van der Waals surface area contributed by atoms with Gasteiger partial charge in [0.15, 0.2) is 0 Å². The molecule has 14 heteroatoms. The van der Waals surface area contributed by atoms with E-state index in [4.69, 9.17) is 0 Å². The molecule has 0 amide bonds. The minimum absolute atomic E-state index is 0.194. The lowest BCUT2D eigenvalue weighted by atomic mass is 10.3. The van der Waals surface area contributed by atoms with Crippen molar-refractivity contribution in [3.05, 3.63) is 46.0 Å². The first-order valence-corrected chi connectivity index (χ1v) is 13.8. The van der Waals surface area contributed by atoms with E-state index in [1.807, 2.05) is 23.0 Å². The fourth-order valence-corrected chi connectivity index (χ4v) is 6.61. The number of thiazole rings is 2. The van der Waals surface area contributed by atoms with Gasteiger partial charge in [-0.3, -0.25) is 9.11 Å². The summed E-state index contributed by atoms with van der Waals surface area (Å²) >= 11 is 2.47. The number of hydrogen-bond donors (Lipinski definition) is 2. The molecule has 0 saturated carbocycles. The number of nitrogens with zero attached hydrogens (tertiary/aromatic N) is 4. The number of aryl methyl sites for hydroxylation is 2. The fraction of sp³-hybridized carbons (Fsp3) is 0.222. The minimum atomic E-state index is -4.32. The molecule has 170 valence electrons. The maximum atomic E-state index is 11.4. The summed E-state index contributed by atoms with van der Waals surface area (Å²) < 4.78 is 69.4. The van der Waals surface area contributed by atoms with Crippen LogP contribution >= 0.6 is 22.7 Å². The van der Waals surface area contributed by atoms with E-state index in [2.05, 4.69) is 10.2 Å². The quantitative estimate of drug-likeness (QED) is 0.310. The zero-order chi connectivity index (χ0) is 23.3. The zero-order valence-corrected chi connectivity index (χ0v) is 20.1. The molecule has 0 unspecified atom stereocenters. The summed E-state index contributed by atoms with van der Waals surface area (Å²) in [6, 6.07) is 8.68. The Balaban J connectivity index is 1.93. The first-order chi connectivity index (χ1) is 15.0. The van der Waals surface area contributed by atoms with Gasteiger partial charge in [-0.05, 0) is 50.2 Å². The number of fused-ring (bicyclic) bond motifs is 2. The standard InChI is InChI=1S/C18H18N4O6S4/c1-3-21-13-7-5-11(31(23,24)25)9-15(13)29-17(21)19-20-18-22(4-2)14-8-6-12(32(26,27)28)10-16(14)30-18/h5-10H,3-4H2,1-2H3,(H,23,24,25)(H,26,27,28)/b19-17-,20-18-. The SMILES string of the molecule is CCn1/c(=N/N=c2\sc3cc(S(=O)(=O)O)ccc3n2CC)sc2cc(S(=O)(=O)O)ccc21. The largest absolute Gasteiger partial charge is 0.315 e. The second-order valence-corrected chi connectivity index (χ2v) is 11.5. The fourth-order valence-electron chi connectivity index (χ4n) is 3.28. The van der Waals surface area contributed by atoms with Crippen molar-refractivity contribution >= 4 is 63.3 Å². The molecule has 0 aliphatic carbocycles. The Hall–Kier alpha value is -2.36. The molecule has 2 heterocycles. The minimum Gasteiger partial charge on any atom is -0.315 e. The second-order valence-electron chi connectivity index (χ2n) is 6.67. The van der Waals surface area contributed by atoms with Crippen LogP contribution in [0.5, 0.6) is 0 Å². The van der Waals surface area contributed by atoms with E-state index < -0.39 is 20.2 Å². The summed E-state index contributed by atoms with van der Waals surface area (Å²) in [5.74, 6) is 0. The predicted molar refractivity (Wildman–Crippen MR) is 122 cm³/mol. The molecule has 32 heavy (non-hydrogen) atoms. The van der Waals surface area contributed by atoms with Crippen LogP contribution in [-0.4, -0.2) is 35.1 Å². The third kappa shape index (κ3) is 4.16. The molecule has 0 radical (unpaired) electrons. The molecule has 0 spiro atoms. The van der Waals surface area contributed by atoms with Gasteiger partial charge in [-0.25, -0.2) is 0 Å². The lowest BCUT2D eigenvalue weighted by molar-refractivity contribution is 0.481. The Morgan fingerprint density at radius 1 is 0.750 bits per heavy atom. The topological polar surface area (TPSA) is 143 Å². The predicted octanol–water partition coefficient (Wildman–Crippen LogP) is 2.67. The van der Waals surface area contributed by atoms with Crippen LogP contribution in [0, 0.1) is 0 Å². The van der Waals surface area contributed by atoms with Gasteiger partial charge in [-0.2, -0.15) is 16.8 Å². The van der Waals surface area contributed by atoms with Crippen LogP contribution in [-0.2, 0) is 33.3 Å². The zero-order valence-electron chi connectivity index (χ0n) is 16.8. The normalized spacial score (nSPS) is 14.1. The van der Waals surface area contributed by atoms with E-state index in [-0.39, 0.29) is 9.79 Å². The molecule has 10 nitrogen and oxygen atoms in total. The summed E-state index contributed by atoms with van der Waals surface area (Å²) in [4.78, 5) is 0.685. The molecule has 0 aliphatic heterocycles. The van der Waals surface area contributed by atoms with Crippen LogP contribution in [0.3, 0.4) is 0 Å². The Morgan fingerprint density at radius 2 is 1.12 bits per heavy atom. The van der Waals surface area contributed by atoms with Crippen LogP contribution in [0.1, 0.15) is 13.8 Å². The van der Waals surface area contributed by atoms with Gasteiger partial charge < -0.3 is 9.13 Å². The van der Waals surface area contributed by atoms with E-state index in [0.717, 1.165) is 11.0 Å². The molecule has 2 aromatic heterocycles. The van der Waals surface area contributed by atoms with Crippen LogP contribution in [0.2, 0.25) is 0 Å². The Labute approximate surface area is 190 Å². The van der Waals surface area contributed by atoms with Crippen molar-refractivity contribution in [3.8, 4) is 0 Å². The van der Waals surface area contributed by atoms with Gasteiger partial charge in [0.1, 0.15) is 0 Å². The molecule has 0 atom stereocenters. The molecular weight excluding hydrogens is 496 g/mol. The highest BCUT2D eigenvalue weighted by Gasteiger charge is 2.14. The van der Waals surface area contributed by atoms with Gasteiger partial charge in [0, 0.05) is 13.1 Å². The van der Waals surface area contributed by atoms with E-state index in [0.29, 0.717) is 32.1 Å². The maximum Gasteiger partial charge on any atom is 0.294 e. The lowest BCUT2D eigenvalue weighted by Crippen LogP contribution is -2.16. The average molecular weight is 515 g/mol. The Morgan fingerprint density at radius 3 is 1.44 bits per heavy atom. The van der Waals surface area contributed by atoms with Gasteiger partial charge in [0.2, 0.25) is 9.60 Å². The summed E-state index contributed by atoms with van der Waals surface area (Å²) in [7, 11) is -8.63. The molecule has 2 N–H and O–H groups in total. The molecule has 0 aliphatic rings. The van der Waals surface area contributed by atoms with Crippen molar-refractivity contribution in [2.24, 2.45) is 10.2 Å². The Bertz CT molecular complexity index is 1580. The van der Waals surface area contributed by atoms with Crippen LogP contribution in [0.15, 0.2) is 56.4 Å². The maximum absolute atomic E-state index is 11.4. The van der Waals surface area contributed by atoms with Crippen molar-refractivity contribution in [2.45, 2.75) is 36.7 Å². The highest BCUT2D eigenvalue weighted by Crippen LogP contribution is 2.23. The van der Waals surface area contributed by atoms with Crippen LogP contribution in [0.25, 0.3) is 20.4 Å². The second kappa shape index (κ2) is 8.20. The highest BCUT2D eigenvalue weighted by atomic mass is 32.2. The molecule has 0 bridgehead atoms.